The fraction of sp³-hybridized carbons (Fsp3) is 0.607. The molecule has 3 aliphatic heterocycles. The lowest BCUT2D eigenvalue weighted by molar-refractivity contribution is -0.150. The Bertz CT molecular complexity index is 1200. The van der Waals surface area contributed by atoms with Gasteiger partial charge < -0.3 is 24.3 Å². The maximum absolute atomic E-state index is 11.6. The first kappa shape index (κ1) is 26.3. The van der Waals surface area contributed by atoms with E-state index in [1.807, 2.05) is 45.6 Å². The highest BCUT2D eigenvalue weighted by molar-refractivity contribution is 5.85. The Morgan fingerprint density at radius 2 is 1.76 bits per heavy atom. The van der Waals surface area contributed by atoms with Crippen molar-refractivity contribution < 1.29 is 24.2 Å². The number of hydrogen-bond acceptors (Lipinski definition) is 8. The van der Waals surface area contributed by atoms with Crippen molar-refractivity contribution >= 4 is 11.8 Å². The highest BCUT2D eigenvalue weighted by Crippen LogP contribution is 2.43. The largest absolute Gasteiger partial charge is 0.493 e. The molecule has 1 aromatic heterocycles. The van der Waals surface area contributed by atoms with Crippen molar-refractivity contribution in [3.05, 3.63) is 29.6 Å². The molecular formula is C28H39N5O5. The second-order valence-corrected chi connectivity index (χ2v) is 11.1. The summed E-state index contributed by atoms with van der Waals surface area (Å²) in [5, 5.41) is 18.4. The molecule has 0 unspecified atom stereocenters. The summed E-state index contributed by atoms with van der Waals surface area (Å²) in [5.74, 6) is 1.85. The van der Waals surface area contributed by atoms with Crippen LogP contribution < -0.4 is 9.47 Å². The van der Waals surface area contributed by atoms with Gasteiger partial charge in [-0.2, -0.15) is 5.10 Å². The molecule has 206 valence electrons. The van der Waals surface area contributed by atoms with Crippen LogP contribution in [0.4, 0.5) is 0 Å². The Labute approximate surface area is 224 Å². The van der Waals surface area contributed by atoms with Gasteiger partial charge in [0.1, 0.15) is 17.3 Å². The molecule has 0 radical (unpaired) electrons. The number of carboxylic acid groups (broad SMARTS) is 1. The van der Waals surface area contributed by atoms with Gasteiger partial charge >= 0.3 is 5.97 Å². The van der Waals surface area contributed by atoms with Crippen LogP contribution in [0.1, 0.15) is 51.3 Å². The smallest absolute Gasteiger partial charge is 0.309 e. The number of amidine groups is 1. The normalized spacial score (nSPS) is 20.1. The summed E-state index contributed by atoms with van der Waals surface area (Å²) in [7, 11) is 1.94. The molecule has 3 aliphatic rings. The van der Waals surface area contributed by atoms with Crippen LogP contribution >= 0.6 is 0 Å². The zero-order valence-electron chi connectivity index (χ0n) is 23.1. The number of carboxylic acids is 1. The first-order valence-corrected chi connectivity index (χ1v) is 13.5. The van der Waals surface area contributed by atoms with Crippen molar-refractivity contribution in [3.8, 4) is 22.6 Å². The fourth-order valence-electron chi connectivity index (χ4n) is 5.74. The molecule has 1 N–H and O–H groups in total. The average Bonchev–Trinajstić information content (AvgIpc) is 3.44. The summed E-state index contributed by atoms with van der Waals surface area (Å²) >= 11 is 0. The SMILES string of the molecule is CCOc1cc(CN2CC3(CC(N4CCC(C)(C(=O)O)CC4)=NO3)C2)cc(OCC)c1-c1cnn(C)c1C. The van der Waals surface area contributed by atoms with Gasteiger partial charge in [0, 0.05) is 51.0 Å². The van der Waals surface area contributed by atoms with E-state index in [4.69, 9.17) is 14.3 Å². The number of ether oxygens (including phenoxy) is 2. The number of carbonyl (C=O) groups is 1. The Kier molecular flexibility index (Phi) is 7.02. The minimum Gasteiger partial charge on any atom is -0.493 e. The van der Waals surface area contributed by atoms with Crippen molar-refractivity contribution in [1.82, 2.24) is 19.6 Å². The number of aliphatic carboxylic acids is 1. The number of oxime groups is 1. The molecule has 2 saturated heterocycles. The molecule has 10 nitrogen and oxygen atoms in total. The highest BCUT2D eigenvalue weighted by Gasteiger charge is 2.51. The number of likely N-dealkylation sites (tertiary alicyclic amines) is 2. The summed E-state index contributed by atoms with van der Waals surface area (Å²) in [5.41, 5.74) is 3.20. The second-order valence-electron chi connectivity index (χ2n) is 11.1. The van der Waals surface area contributed by atoms with Crippen molar-refractivity contribution in [3.63, 3.8) is 0 Å². The van der Waals surface area contributed by atoms with Gasteiger partial charge in [0.15, 0.2) is 5.60 Å². The summed E-state index contributed by atoms with van der Waals surface area (Å²) in [6.45, 7) is 12.7. The average molecular weight is 526 g/mol. The molecule has 1 spiro atoms. The quantitative estimate of drug-likeness (QED) is 0.557. The van der Waals surface area contributed by atoms with Gasteiger partial charge in [-0.1, -0.05) is 5.16 Å². The van der Waals surface area contributed by atoms with Gasteiger partial charge in [0.25, 0.3) is 0 Å². The van der Waals surface area contributed by atoms with Crippen LogP contribution in [0.25, 0.3) is 11.1 Å². The lowest BCUT2D eigenvalue weighted by Crippen LogP contribution is -2.61. The highest BCUT2D eigenvalue weighted by atomic mass is 16.7. The van der Waals surface area contributed by atoms with Crippen LogP contribution in [0.5, 0.6) is 11.5 Å². The van der Waals surface area contributed by atoms with Crippen LogP contribution in [-0.2, 0) is 23.2 Å². The molecule has 2 fully saturated rings. The van der Waals surface area contributed by atoms with E-state index in [9.17, 15) is 9.90 Å². The molecule has 4 heterocycles. The molecule has 10 heteroatoms. The number of piperidine rings is 1. The topological polar surface area (TPSA) is 102 Å². The number of hydrogen-bond donors (Lipinski definition) is 1. The molecule has 1 aromatic carbocycles. The minimum atomic E-state index is -0.712. The van der Waals surface area contributed by atoms with E-state index in [1.165, 1.54) is 0 Å². The van der Waals surface area contributed by atoms with E-state index in [0.717, 1.165) is 65.8 Å². The number of benzene rings is 1. The van der Waals surface area contributed by atoms with E-state index in [0.29, 0.717) is 39.1 Å². The van der Waals surface area contributed by atoms with Gasteiger partial charge in [0.05, 0.1) is 36.8 Å². The third-order valence-electron chi connectivity index (χ3n) is 8.23. The number of nitrogens with zero attached hydrogens (tertiary/aromatic N) is 5. The Morgan fingerprint density at radius 3 is 2.29 bits per heavy atom. The zero-order chi connectivity index (χ0) is 27.1. The zero-order valence-corrected chi connectivity index (χ0v) is 23.1. The predicted octanol–water partition coefficient (Wildman–Crippen LogP) is 3.67. The van der Waals surface area contributed by atoms with Crippen LogP contribution in [0.15, 0.2) is 23.5 Å². The van der Waals surface area contributed by atoms with Gasteiger partial charge in [0.2, 0.25) is 0 Å². The van der Waals surface area contributed by atoms with E-state index in [1.54, 1.807) is 0 Å². The maximum atomic E-state index is 11.6. The Balaban J connectivity index is 1.25. The molecule has 0 amide bonds. The summed E-state index contributed by atoms with van der Waals surface area (Å²) in [6, 6.07) is 4.23. The Morgan fingerprint density at radius 1 is 1.13 bits per heavy atom. The van der Waals surface area contributed by atoms with Crippen LogP contribution in [-0.4, -0.2) is 81.5 Å². The van der Waals surface area contributed by atoms with Gasteiger partial charge in [-0.05, 0) is 58.2 Å². The van der Waals surface area contributed by atoms with E-state index in [-0.39, 0.29) is 5.60 Å². The van der Waals surface area contributed by atoms with E-state index >= 15 is 0 Å². The second kappa shape index (κ2) is 10.1. The molecule has 0 aliphatic carbocycles. The van der Waals surface area contributed by atoms with Crippen molar-refractivity contribution in [2.75, 3.05) is 39.4 Å². The summed E-state index contributed by atoms with van der Waals surface area (Å²) < 4.78 is 14.1. The first-order valence-electron chi connectivity index (χ1n) is 13.5. The van der Waals surface area contributed by atoms with Crippen molar-refractivity contribution in [1.29, 1.82) is 0 Å². The Hall–Kier alpha value is -3.27. The maximum Gasteiger partial charge on any atom is 0.309 e. The molecule has 2 aromatic rings. The summed E-state index contributed by atoms with van der Waals surface area (Å²) in [4.78, 5) is 22.1. The molecule has 38 heavy (non-hydrogen) atoms. The summed E-state index contributed by atoms with van der Waals surface area (Å²) in [6.07, 6.45) is 3.88. The van der Waals surface area contributed by atoms with Gasteiger partial charge in [-0.15, -0.1) is 0 Å². The van der Waals surface area contributed by atoms with Crippen molar-refractivity contribution in [2.45, 2.75) is 59.1 Å². The lowest BCUT2D eigenvalue weighted by atomic mass is 9.80. The number of aryl methyl sites for hydroxylation is 1. The molecule has 5 rings (SSSR count). The standard InChI is InChI=1S/C28H39N5O5/c1-6-36-22-12-20(13-23(37-7-2)25(22)21-15-29-31(5)19(21)3)16-32-17-28(18-32)14-24(30-38-28)33-10-8-27(4,9-11-33)26(34)35/h12-13,15H,6-11,14,16-18H2,1-5H3,(H,34,35). The molecule has 0 saturated carbocycles. The van der Waals surface area contributed by atoms with Crippen LogP contribution in [0, 0.1) is 12.3 Å². The van der Waals surface area contributed by atoms with E-state index < -0.39 is 11.4 Å². The minimum absolute atomic E-state index is 0.291. The number of rotatable bonds is 8. The number of aromatic nitrogens is 2. The van der Waals surface area contributed by atoms with Gasteiger partial charge in [-0.3, -0.25) is 14.4 Å². The molecule has 0 bridgehead atoms. The fourth-order valence-corrected chi connectivity index (χ4v) is 5.74. The van der Waals surface area contributed by atoms with Crippen LogP contribution in [0.3, 0.4) is 0 Å². The monoisotopic (exact) mass is 525 g/mol. The van der Waals surface area contributed by atoms with Crippen LogP contribution in [0.2, 0.25) is 0 Å². The first-order chi connectivity index (χ1) is 18.2. The third kappa shape index (κ3) is 4.81. The van der Waals surface area contributed by atoms with E-state index in [2.05, 4.69) is 32.2 Å². The molecule has 0 atom stereocenters. The third-order valence-corrected chi connectivity index (χ3v) is 8.23. The van der Waals surface area contributed by atoms with Crippen molar-refractivity contribution in [2.24, 2.45) is 17.6 Å². The van der Waals surface area contributed by atoms with Gasteiger partial charge in [-0.25, -0.2) is 0 Å². The molecular weight excluding hydrogens is 486 g/mol. The predicted molar refractivity (Wildman–Crippen MR) is 143 cm³/mol. The lowest BCUT2D eigenvalue weighted by Gasteiger charge is -2.45.